The lowest BCUT2D eigenvalue weighted by atomic mass is 10.0. The van der Waals surface area contributed by atoms with E-state index in [-0.39, 0.29) is 26.1 Å². The Kier molecular flexibility index (Phi) is 35.4. The number of allylic oxidation sites excluding steroid dienone is 8. The zero-order valence-corrected chi connectivity index (χ0v) is 43.4. The standard InChI is InChI=1S/C54H90NO11P/c1-8-10-26-34-48(56)36-29-24-25-30-37-49(57)35-28-20-18-19-22-32-40-53(58)62-44-50(45-64-67(60,61)63-43-42-55(5,6)7)65-54(59)41-33-23-17-15-13-12-14-16-21-31-39-52-47(4)46(3)51(66-52)38-27-11-9-2/h10,19-20,22,24-26,28-30,36-37,48-50,56-57H,8-9,11-18,21,23,27,31-35,38-45H2,1-7H3/p+1/b22-19-,25-24-,26-10-,28-20-,36-29+,37-30+/t48-,49+,50-/m1/s1. The third-order valence-corrected chi connectivity index (χ3v) is 12.1. The van der Waals surface area contributed by atoms with E-state index in [1.807, 2.05) is 64.5 Å². The van der Waals surface area contributed by atoms with Crippen LogP contribution in [0.2, 0.25) is 0 Å². The Morgan fingerprint density at radius 3 is 1.76 bits per heavy atom. The van der Waals surface area contributed by atoms with Crippen LogP contribution in [0.4, 0.5) is 0 Å². The number of phosphoric acid groups is 1. The highest BCUT2D eigenvalue weighted by atomic mass is 31.2. The average molecular weight is 961 g/mol. The summed E-state index contributed by atoms with van der Waals surface area (Å²) in [5.41, 5.74) is 2.67. The molecular weight excluding hydrogens is 870 g/mol. The van der Waals surface area contributed by atoms with Gasteiger partial charge in [0.05, 0.1) is 40.0 Å². The Bertz CT molecular complexity index is 1690. The molecule has 0 bridgehead atoms. The summed E-state index contributed by atoms with van der Waals surface area (Å²) in [5, 5.41) is 20.0. The highest BCUT2D eigenvalue weighted by Gasteiger charge is 2.27. The number of aliphatic hydroxyl groups excluding tert-OH is 2. The number of quaternary nitrogens is 1. The minimum absolute atomic E-state index is 0.00697. The van der Waals surface area contributed by atoms with Crippen LogP contribution in [0.5, 0.6) is 0 Å². The number of furan rings is 1. The van der Waals surface area contributed by atoms with E-state index in [2.05, 4.69) is 20.8 Å². The monoisotopic (exact) mass is 961 g/mol. The van der Waals surface area contributed by atoms with Gasteiger partial charge in [0.25, 0.3) is 0 Å². The Balaban J connectivity index is 2.39. The number of aliphatic hydroxyl groups is 2. The van der Waals surface area contributed by atoms with Gasteiger partial charge in [-0.15, -0.1) is 0 Å². The Morgan fingerprint density at radius 1 is 0.657 bits per heavy atom. The number of esters is 2. The number of nitrogens with zero attached hydrogens (tertiary/aromatic N) is 1. The summed E-state index contributed by atoms with van der Waals surface area (Å²) in [7, 11) is 1.35. The molecule has 0 radical (unpaired) electrons. The molecule has 3 N–H and O–H groups in total. The van der Waals surface area contributed by atoms with Gasteiger partial charge in [-0.1, -0.05) is 151 Å². The van der Waals surface area contributed by atoms with Crippen molar-refractivity contribution < 1.29 is 56.7 Å². The van der Waals surface area contributed by atoms with Gasteiger partial charge in [0.15, 0.2) is 6.10 Å². The smallest absolute Gasteiger partial charge is 0.466 e. The summed E-state index contributed by atoms with van der Waals surface area (Å²) < 4.78 is 40.5. The first-order chi connectivity index (χ1) is 32.1. The number of carbonyl (C=O) groups is 2. The number of aryl methyl sites for hydroxylation is 2. The van der Waals surface area contributed by atoms with E-state index < -0.39 is 44.7 Å². The first-order valence-corrected chi connectivity index (χ1v) is 26.7. The molecule has 1 heterocycles. The molecule has 4 atom stereocenters. The minimum Gasteiger partial charge on any atom is -0.466 e. The summed E-state index contributed by atoms with van der Waals surface area (Å²) in [6.07, 6.45) is 39.9. The van der Waals surface area contributed by atoms with E-state index in [1.165, 1.54) is 74.0 Å². The Hall–Kier alpha value is -3.35. The van der Waals surface area contributed by atoms with E-state index in [0.29, 0.717) is 43.1 Å². The summed E-state index contributed by atoms with van der Waals surface area (Å²) >= 11 is 0. The SMILES string of the molecule is CC/C=C\C[C@@H](O)/C=C/C=C\C=C\[C@@H](O)C/C=C\C/C=C\CCC(=O)OC[C@H](COP(=O)(O)OCC[N+](C)(C)C)OC(=O)CCCCCCCCCCCCc1oc(CCCCC)c(C)c1C. The van der Waals surface area contributed by atoms with Crippen LogP contribution in [0.15, 0.2) is 77.3 Å². The topological polar surface area (TPSA) is 162 Å². The number of likely N-dealkylation sites (N-methyl/N-ethyl adjacent to an activating group) is 1. The number of carbonyl (C=O) groups excluding carboxylic acids is 2. The van der Waals surface area contributed by atoms with Crippen molar-refractivity contribution in [2.45, 2.75) is 187 Å². The Morgan fingerprint density at radius 2 is 1.19 bits per heavy atom. The van der Waals surface area contributed by atoms with Crippen molar-refractivity contribution in [1.29, 1.82) is 0 Å². The molecule has 13 heteroatoms. The molecule has 382 valence electrons. The van der Waals surface area contributed by atoms with Crippen molar-refractivity contribution in [3.63, 3.8) is 0 Å². The maximum absolute atomic E-state index is 12.8. The van der Waals surface area contributed by atoms with Crippen molar-refractivity contribution in [3.8, 4) is 0 Å². The molecule has 0 fully saturated rings. The van der Waals surface area contributed by atoms with Gasteiger partial charge in [-0.05, 0) is 76.3 Å². The molecule has 12 nitrogen and oxygen atoms in total. The van der Waals surface area contributed by atoms with Crippen LogP contribution >= 0.6 is 7.82 Å². The van der Waals surface area contributed by atoms with E-state index in [1.54, 1.807) is 36.5 Å². The van der Waals surface area contributed by atoms with Gasteiger partial charge in [-0.2, -0.15) is 0 Å². The molecule has 0 aliphatic rings. The first kappa shape index (κ1) is 61.7. The third kappa shape index (κ3) is 35.4. The van der Waals surface area contributed by atoms with Gasteiger partial charge >= 0.3 is 19.8 Å². The van der Waals surface area contributed by atoms with Crippen LogP contribution in [-0.4, -0.2) is 97.3 Å². The van der Waals surface area contributed by atoms with Crippen LogP contribution < -0.4 is 0 Å². The highest BCUT2D eigenvalue weighted by molar-refractivity contribution is 7.47. The van der Waals surface area contributed by atoms with Crippen molar-refractivity contribution >= 4 is 19.8 Å². The van der Waals surface area contributed by atoms with Crippen molar-refractivity contribution in [2.75, 3.05) is 47.5 Å². The molecule has 1 aromatic rings. The van der Waals surface area contributed by atoms with Gasteiger partial charge in [0, 0.05) is 25.7 Å². The number of rotatable bonds is 41. The molecule has 0 aliphatic heterocycles. The molecule has 0 spiro atoms. The normalized spacial score (nSPS) is 15.0. The number of unbranched alkanes of at least 4 members (excludes halogenated alkanes) is 11. The number of ether oxygens (including phenoxy) is 2. The van der Waals surface area contributed by atoms with Gasteiger partial charge in [0.2, 0.25) is 0 Å². The zero-order valence-electron chi connectivity index (χ0n) is 42.5. The van der Waals surface area contributed by atoms with Gasteiger partial charge in [-0.25, -0.2) is 4.57 Å². The van der Waals surface area contributed by atoms with Gasteiger partial charge < -0.3 is 33.5 Å². The average Bonchev–Trinajstić information content (AvgIpc) is 3.54. The van der Waals surface area contributed by atoms with Gasteiger partial charge in [-0.3, -0.25) is 18.6 Å². The second-order valence-electron chi connectivity index (χ2n) is 18.5. The second-order valence-corrected chi connectivity index (χ2v) is 19.9. The predicted molar refractivity (Wildman–Crippen MR) is 272 cm³/mol. The third-order valence-electron chi connectivity index (χ3n) is 11.1. The zero-order chi connectivity index (χ0) is 49.6. The lowest BCUT2D eigenvalue weighted by molar-refractivity contribution is -0.870. The van der Waals surface area contributed by atoms with Crippen LogP contribution in [0, 0.1) is 13.8 Å². The first-order valence-electron chi connectivity index (χ1n) is 25.2. The van der Waals surface area contributed by atoms with Gasteiger partial charge in [0.1, 0.15) is 31.3 Å². The quantitative estimate of drug-likeness (QED) is 0.0143. The maximum atomic E-state index is 12.8. The fourth-order valence-electron chi connectivity index (χ4n) is 6.86. The summed E-state index contributed by atoms with van der Waals surface area (Å²) in [6.45, 7) is 8.35. The molecule has 0 aromatic carbocycles. The van der Waals surface area contributed by atoms with Crippen molar-refractivity contribution in [3.05, 3.63) is 95.6 Å². The molecule has 67 heavy (non-hydrogen) atoms. The number of phosphoric ester groups is 1. The molecule has 0 aliphatic carbocycles. The van der Waals surface area contributed by atoms with E-state index in [9.17, 15) is 29.3 Å². The molecule has 0 saturated heterocycles. The Labute approximate surface area is 405 Å². The van der Waals surface area contributed by atoms with Crippen molar-refractivity contribution in [1.82, 2.24) is 0 Å². The van der Waals surface area contributed by atoms with Crippen LogP contribution in [0.25, 0.3) is 0 Å². The summed E-state index contributed by atoms with van der Waals surface area (Å²) in [6, 6.07) is 0. The number of hydrogen-bond donors (Lipinski definition) is 3. The van der Waals surface area contributed by atoms with Crippen LogP contribution in [0.1, 0.15) is 165 Å². The minimum atomic E-state index is -4.44. The molecule has 1 unspecified atom stereocenters. The molecule has 1 rings (SSSR count). The molecule has 1 aromatic heterocycles. The summed E-state index contributed by atoms with van der Waals surface area (Å²) in [5.74, 6) is 1.37. The highest BCUT2D eigenvalue weighted by Crippen LogP contribution is 2.43. The summed E-state index contributed by atoms with van der Waals surface area (Å²) in [4.78, 5) is 35.6. The van der Waals surface area contributed by atoms with Crippen molar-refractivity contribution in [2.24, 2.45) is 0 Å². The second kappa shape index (κ2) is 38.5. The fourth-order valence-corrected chi connectivity index (χ4v) is 7.61. The van der Waals surface area contributed by atoms with E-state index in [0.717, 1.165) is 44.9 Å². The lowest BCUT2D eigenvalue weighted by Gasteiger charge is -2.24. The number of hydrogen-bond acceptors (Lipinski definition) is 10. The predicted octanol–water partition coefficient (Wildman–Crippen LogP) is 12.2. The van der Waals surface area contributed by atoms with E-state index in [4.69, 9.17) is 22.9 Å². The maximum Gasteiger partial charge on any atom is 0.472 e. The van der Waals surface area contributed by atoms with Crippen LogP contribution in [0.3, 0.4) is 0 Å². The molecule has 0 amide bonds. The molecular formula is C54H91NO11P+. The fraction of sp³-hybridized carbons (Fsp3) is 0.667. The lowest BCUT2D eigenvalue weighted by Crippen LogP contribution is -2.37. The molecule has 0 saturated carbocycles. The largest absolute Gasteiger partial charge is 0.472 e. The van der Waals surface area contributed by atoms with Crippen LogP contribution in [-0.2, 0) is 45.5 Å². The van der Waals surface area contributed by atoms with E-state index >= 15 is 0 Å².